The zero-order chi connectivity index (χ0) is 15.8. The van der Waals surface area contributed by atoms with Crippen molar-refractivity contribution in [2.24, 2.45) is 0 Å². The third-order valence-electron chi connectivity index (χ3n) is 3.00. The maximum atomic E-state index is 11.0. The first-order valence-electron chi connectivity index (χ1n) is 6.69. The minimum absolute atomic E-state index is 0.218. The number of hydrogen-bond donors (Lipinski definition) is 1. The fourth-order valence-electron chi connectivity index (χ4n) is 1.89. The fourth-order valence-corrected chi connectivity index (χ4v) is 1.89. The summed E-state index contributed by atoms with van der Waals surface area (Å²) in [5, 5.41) is 24.7. The van der Waals surface area contributed by atoms with Gasteiger partial charge in [0.25, 0.3) is 11.4 Å². The predicted molar refractivity (Wildman–Crippen MR) is 79.2 cm³/mol. The average Bonchev–Trinajstić information content (AvgIpc) is 2.42. The lowest BCUT2D eigenvalue weighted by atomic mass is 10.1. The molecule has 0 heterocycles. The Morgan fingerprint density at radius 2 is 1.86 bits per heavy atom. The van der Waals surface area contributed by atoms with Gasteiger partial charge in [-0.05, 0) is 46.1 Å². The van der Waals surface area contributed by atoms with E-state index in [2.05, 4.69) is 10.2 Å². The number of non-ortho nitro benzene ring substituents is 1. The summed E-state index contributed by atoms with van der Waals surface area (Å²) < 4.78 is 0. The van der Waals surface area contributed by atoms with E-state index in [-0.39, 0.29) is 11.4 Å². The molecular formula is C13H20N4O4. The fraction of sp³-hybridized carbons (Fsp3) is 0.538. The van der Waals surface area contributed by atoms with Crippen LogP contribution in [-0.4, -0.2) is 41.9 Å². The molecule has 8 heteroatoms. The number of nitro benzene ring substituents is 2. The van der Waals surface area contributed by atoms with E-state index < -0.39 is 9.85 Å². The SMILES string of the molecule is CN(C)CCCCNCc1ccc([N+](=O)[O-])cc1[N+](=O)[O-]. The Hall–Kier alpha value is -2.06. The molecule has 116 valence electrons. The summed E-state index contributed by atoms with van der Waals surface area (Å²) in [5.41, 5.74) is -0.0281. The Morgan fingerprint density at radius 1 is 1.14 bits per heavy atom. The molecule has 8 nitrogen and oxygen atoms in total. The molecule has 0 radical (unpaired) electrons. The molecule has 1 N–H and O–H groups in total. The van der Waals surface area contributed by atoms with Crippen LogP contribution in [0.4, 0.5) is 11.4 Å². The molecule has 1 rings (SSSR count). The normalized spacial score (nSPS) is 10.8. The zero-order valence-corrected chi connectivity index (χ0v) is 12.2. The molecule has 0 spiro atoms. The first kappa shape index (κ1) is 17.0. The highest BCUT2D eigenvalue weighted by Crippen LogP contribution is 2.24. The van der Waals surface area contributed by atoms with Crippen LogP contribution >= 0.6 is 0 Å². The van der Waals surface area contributed by atoms with E-state index in [1.54, 1.807) is 0 Å². The minimum atomic E-state index is -0.633. The van der Waals surface area contributed by atoms with Crippen LogP contribution < -0.4 is 5.32 Å². The van der Waals surface area contributed by atoms with Crippen LogP contribution in [-0.2, 0) is 6.54 Å². The van der Waals surface area contributed by atoms with Crippen LogP contribution in [0.25, 0.3) is 0 Å². The second kappa shape index (κ2) is 8.28. The molecule has 0 unspecified atom stereocenters. The average molecular weight is 296 g/mol. The number of nitro groups is 2. The predicted octanol–water partition coefficient (Wildman–Crippen LogP) is 1.93. The van der Waals surface area contributed by atoms with Crippen molar-refractivity contribution in [2.75, 3.05) is 27.2 Å². The largest absolute Gasteiger partial charge is 0.312 e. The van der Waals surface area contributed by atoms with Crippen molar-refractivity contribution in [1.29, 1.82) is 0 Å². The van der Waals surface area contributed by atoms with Crippen molar-refractivity contribution >= 4 is 11.4 Å². The maximum Gasteiger partial charge on any atom is 0.280 e. The summed E-state index contributed by atoms with van der Waals surface area (Å²) in [6, 6.07) is 3.72. The Kier molecular flexibility index (Phi) is 6.70. The maximum absolute atomic E-state index is 11.0. The Labute approximate surface area is 123 Å². The lowest BCUT2D eigenvalue weighted by Crippen LogP contribution is -2.18. The minimum Gasteiger partial charge on any atom is -0.312 e. The highest BCUT2D eigenvalue weighted by molar-refractivity contribution is 5.49. The van der Waals surface area contributed by atoms with Gasteiger partial charge in [-0.3, -0.25) is 20.2 Å². The molecule has 0 aromatic heterocycles. The van der Waals surface area contributed by atoms with Gasteiger partial charge in [0, 0.05) is 18.2 Å². The van der Waals surface area contributed by atoms with Gasteiger partial charge in [0.1, 0.15) is 0 Å². The molecule has 0 amide bonds. The summed E-state index contributed by atoms with van der Waals surface area (Å²) in [6.07, 6.45) is 2.02. The van der Waals surface area contributed by atoms with Crippen molar-refractivity contribution < 1.29 is 9.85 Å². The molecule has 0 aliphatic heterocycles. The summed E-state index contributed by atoms with van der Waals surface area (Å²) >= 11 is 0. The van der Waals surface area contributed by atoms with Gasteiger partial charge in [-0.1, -0.05) is 0 Å². The number of rotatable bonds is 9. The van der Waals surface area contributed by atoms with E-state index in [1.165, 1.54) is 12.1 Å². The molecule has 0 saturated carbocycles. The monoisotopic (exact) mass is 296 g/mol. The Bertz CT molecular complexity index is 505. The van der Waals surface area contributed by atoms with Gasteiger partial charge in [0.2, 0.25) is 0 Å². The van der Waals surface area contributed by atoms with Crippen molar-refractivity contribution in [3.8, 4) is 0 Å². The molecular weight excluding hydrogens is 276 g/mol. The summed E-state index contributed by atoms with van der Waals surface area (Å²) in [4.78, 5) is 22.5. The summed E-state index contributed by atoms with van der Waals surface area (Å²) in [7, 11) is 4.02. The molecule has 0 fully saturated rings. The lowest BCUT2D eigenvalue weighted by molar-refractivity contribution is -0.394. The topological polar surface area (TPSA) is 102 Å². The third-order valence-corrected chi connectivity index (χ3v) is 3.00. The number of unbranched alkanes of at least 4 members (excludes halogenated alkanes) is 1. The van der Waals surface area contributed by atoms with Crippen LogP contribution in [0.3, 0.4) is 0 Å². The van der Waals surface area contributed by atoms with Crippen molar-refractivity contribution in [1.82, 2.24) is 10.2 Å². The van der Waals surface area contributed by atoms with E-state index in [4.69, 9.17) is 0 Å². The highest BCUT2D eigenvalue weighted by Gasteiger charge is 2.18. The van der Waals surface area contributed by atoms with Crippen molar-refractivity contribution in [3.05, 3.63) is 44.0 Å². The van der Waals surface area contributed by atoms with Crippen LogP contribution in [0.15, 0.2) is 18.2 Å². The first-order chi connectivity index (χ1) is 9.91. The lowest BCUT2D eigenvalue weighted by Gasteiger charge is -2.09. The zero-order valence-electron chi connectivity index (χ0n) is 12.2. The van der Waals surface area contributed by atoms with Crippen LogP contribution in [0.5, 0.6) is 0 Å². The Morgan fingerprint density at radius 3 is 2.43 bits per heavy atom. The number of nitrogens with zero attached hydrogens (tertiary/aromatic N) is 3. The van der Waals surface area contributed by atoms with Gasteiger partial charge < -0.3 is 10.2 Å². The van der Waals surface area contributed by atoms with E-state index >= 15 is 0 Å². The second-order valence-corrected chi connectivity index (χ2v) is 5.01. The quantitative estimate of drug-likeness (QED) is 0.424. The van der Waals surface area contributed by atoms with Gasteiger partial charge >= 0.3 is 0 Å². The second-order valence-electron chi connectivity index (χ2n) is 5.01. The van der Waals surface area contributed by atoms with Crippen LogP contribution in [0, 0.1) is 20.2 Å². The highest BCUT2D eigenvalue weighted by atomic mass is 16.6. The molecule has 0 saturated heterocycles. The molecule has 0 aliphatic carbocycles. The summed E-state index contributed by atoms with van der Waals surface area (Å²) in [6.45, 7) is 2.08. The van der Waals surface area contributed by atoms with Crippen LogP contribution in [0.2, 0.25) is 0 Å². The molecule has 0 aliphatic rings. The smallest absolute Gasteiger partial charge is 0.280 e. The van der Waals surface area contributed by atoms with Gasteiger partial charge in [-0.15, -0.1) is 0 Å². The Balaban J connectivity index is 2.54. The standard InChI is InChI=1S/C13H20N4O4/c1-15(2)8-4-3-7-14-10-11-5-6-12(16(18)19)9-13(11)17(20)21/h5-6,9,14H,3-4,7-8,10H2,1-2H3. The van der Waals surface area contributed by atoms with Gasteiger partial charge in [-0.25, -0.2) is 0 Å². The first-order valence-corrected chi connectivity index (χ1v) is 6.69. The van der Waals surface area contributed by atoms with Crippen molar-refractivity contribution in [3.63, 3.8) is 0 Å². The molecule has 1 aromatic carbocycles. The van der Waals surface area contributed by atoms with E-state index in [0.29, 0.717) is 12.1 Å². The summed E-state index contributed by atoms with van der Waals surface area (Å²) in [5.74, 6) is 0. The number of benzene rings is 1. The van der Waals surface area contributed by atoms with Crippen LogP contribution in [0.1, 0.15) is 18.4 Å². The molecule has 21 heavy (non-hydrogen) atoms. The molecule has 0 atom stereocenters. The van der Waals surface area contributed by atoms with Gasteiger partial charge in [0.15, 0.2) is 0 Å². The van der Waals surface area contributed by atoms with Gasteiger partial charge in [-0.2, -0.15) is 0 Å². The van der Waals surface area contributed by atoms with Crippen molar-refractivity contribution in [2.45, 2.75) is 19.4 Å². The van der Waals surface area contributed by atoms with E-state index in [1.807, 2.05) is 14.1 Å². The van der Waals surface area contributed by atoms with Gasteiger partial charge in [0.05, 0.1) is 15.9 Å². The molecule has 0 bridgehead atoms. The molecule has 1 aromatic rings. The number of hydrogen-bond acceptors (Lipinski definition) is 6. The van der Waals surface area contributed by atoms with E-state index in [9.17, 15) is 20.2 Å². The van der Waals surface area contributed by atoms with E-state index in [0.717, 1.165) is 32.0 Å². The third kappa shape index (κ3) is 5.84. The number of nitrogens with one attached hydrogen (secondary N) is 1.